The molecule has 1 amide bonds. The lowest BCUT2D eigenvalue weighted by Crippen LogP contribution is -2.55. The van der Waals surface area contributed by atoms with Crippen molar-refractivity contribution in [3.05, 3.63) is 11.8 Å². The Bertz CT molecular complexity index is 464. The van der Waals surface area contributed by atoms with Gasteiger partial charge >= 0.3 is 6.01 Å². The van der Waals surface area contributed by atoms with Crippen LogP contribution in [-0.2, 0) is 4.79 Å². The number of hydrogen-bond acceptors (Lipinski definition) is 5. The van der Waals surface area contributed by atoms with Crippen molar-refractivity contribution in [3.8, 4) is 6.01 Å². The maximum Gasteiger partial charge on any atom is 0.318 e. The summed E-state index contributed by atoms with van der Waals surface area (Å²) < 4.78 is 5.10. The second-order valence-electron chi connectivity index (χ2n) is 4.64. The minimum absolute atomic E-state index is 0.0725. The first-order valence-corrected chi connectivity index (χ1v) is 6.59. The lowest BCUT2D eigenvalue weighted by molar-refractivity contribution is -0.123. The molecule has 104 valence electrons. The molecule has 6 nitrogen and oxygen atoms in total. The van der Waals surface area contributed by atoms with Crippen LogP contribution in [0.2, 0.25) is 0 Å². The summed E-state index contributed by atoms with van der Waals surface area (Å²) in [4.78, 5) is 22.6. The molecule has 1 aliphatic heterocycles. The molecule has 19 heavy (non-hydrogen) atoms. The van der Waals surface area contributed by atoms with Gasteiger partial charge in [0.15, 0.2) is 0 Å². The van der Waals surface area contributed by atoms with Crippen LogP contribution in [0.1, 0.15) is 25.5 Å². The van der Waals surface area contributed by atoms with E-state index in [0.717, 1.165) is 30.9 Å². The Morgan fingerprint density at radius 3 is 3.00 bits per heavy atom. The van der Waals surface area contributed by atoms with Crippen molar-refractivity contribution in [2.75, 3.05) is 25.1 Å². The van der Waals surface area contributed by atoms with Crippen molar-refractivity contribution in [3.63, 3.8) is 0 Å². The van der Waals surface area contributed by atoms with Crippen LogP contribution in [0, 0.1) is 6.92 Å². The van der Waals surface area contributed by atoms with E-state index in [1.807, 2.05) is 17.9 Å². The van der Waals surface area contributed by atoms with E-state index in [1.165, 1.54) is 0 Å². The lowest BCUT2D eigenvalue weighted by atomic mass is 10.1. The summed E-state index contributed by atoms with van der Waals surface area (Å²) in [7, 11) is 1.55. The molecular formula is C13H20N4O2. The largest absolute Gasteiger partial charge is 0.467 e. The van der Waals surface area contributed by atoms with Crippen molar-refractivity contribution in [2.24, 2.45) is 0 Å². The van der Waals surface area contributed by atoms with Gasteiger partial charge in [-0.05, 0) is 13.3 Å². The first kappa shape index (κ1) is 13.6. The third-order valence-electron chi connectivity index (χ3n) is 3.19. The molecule has 1 atom stereocenters. The molecule has 1 aromatic rings. The van der Waals surface area contributed by atoms with E-state index in [4.69, 9.17) is 4.74 Å². The van der Waals surface area contributed by atoms with Crippen LogP contribution in [0.25, 0.3) is 0 Å². The topological polar surface area (TPSA) is 67.4 Å². The Kier molecular flexibility index (Phi) is 4.19. The fourth-order valence-corrected chi connectivity index (χ4v) is 2.31. The average molecular weight is 264 g/mol. The summed E-state index contributed by atoms with van der Waals surface area (Å²) in [6, 6.07) is 2.08. The SMILES string of the molecule is CCCC1C(=O)NCCN1c1cc(C)nc(OC)n1. The maximum atomic E-state index is 12.0. The van der Waals surface area contributed by atoms with Crippen LogP contribution in [0.3, 0.4) is 0 Å². The van der Waals surface area contributed by atoms with Gasteiger partial charge < -0.3 is 15.0 Å². The second kappa shape index (κ2) is 5.86. The molecular weight excluding hydrogens is 244 g/mol. The van der Waals surface area contributed by atoms with Gasteiger partial charge in [-0.25, -0.2) is 4.98 Å². The highest BCUT2D eigenvalue weighted by molar-refractivity contribution is 5.86. The molecule has 1 fully saturated rings. The Balaban J connectivity index is 2.31. The molecule has 0 radical (unpaired) electrons. The number of methoxy groups -OCH3 is 1. The minimum atomic E-state index is -0.155. The van der Waals surface area contributed by atoms with E-state index >= 15 is 0 Å². The third kappa shape index (κ3) is 2.94. The second-order valence-corrected chi connectivity index (χ2v) is 4.64. The van der Waals surface area contributed by atoms with Gasteiger partial charge in [0.05, 0.1) is 7.11 Å². The van der Waals surface area contributed by atoms with Crippen molar-refractivity contribution in [1.82, 2.24) is 15.3 Å². The predicted molar refractivity (Wildman–Crippen MR) is 72.4 cm³/mol. The van der Waals surface area contributed by atoms with Gasteiger partial charge in [0.1, 0.15) is 11.9 Å². The van der Waals surface area contributed by atoms with E-state index in [2.05, 4.69) is 22.2 Å². The number of aryl methyl sites for hydroxylation is 1. The van der Waals surface area contributed by atoms with Crippen LogP contribution >= 0.6 is 0 Å². The third-order valence-corrected chi connectivity index (χ3v) is 3.19. The quantitative estimate of drug-likeness (QED) is 0.875. The highest BCUT2D eigenvalue weighted by atomic mass is 16.5. The van der Waals surface area contributed by atoms with Gasteiger partial charge in [-0.1, -0.05) is 13.3 Å². The Labute approximate surface area is 113 Å². The summed E-state index contributed by atoms with van der Waals surface area (Å²) in [6.45, 7) is 5.37. The molecule has 0 aliphatic carbocycles. The summed E-state index contributed by atoms with van der Waals surface area (Å²) in [5.74, 6) is 0.834. The van der Waals surface area contributed by atoms with Gasteiger partial charge in [0.25, 0.3) is 0 Å². The standard InChI is InChI=1S/C13H20N4O2/c1-4-5-10-12(18)14-6-7-17(10)11-8-9(2)15-13(16-11)19-3/h8,10H,4-7H2,1-3H3,(H,14,18). The van der Waals surface area contributed by atoms with Crippen molar-refractivity contribution < 1.29 is 9.53 Å². The van der Waals surface area contributed by atoms with Crippen LogP contribution in [0.15, 0.2) is 6.07 Å². The van der Waals surface area contributed by atoms with Crippen LogP contribution in [0.4, 0.5) is 5.82 Å². The number of carbonyl (C=O) groups excluding carboxylic acids is 1. The molecule has 1 aliphatic rings. The molecule has 2 rings (SSSR count). The van der Waals surface area contributed by atoms with Crippen molar-refractivity contribution in [2.45, 2.75) is 32.7 Å². The summed E-state index contributed by atoms with van der Waals surface area (Å²) in [5.41, 5.74) is 0.836. The van der Waals surface area contributed by atoms with E-state index in [-0.39, 0.29) is 11.9 Å². The zero-order valence-corrected chi connectivity index (χ0v) is 11.6. The normalized spacial score (nSPS) is 19.2. The Hall–Kier alpha value is -1.85. The lowest BCUT2D eigenvalue weighted by Gasteiger charge is -2.35. The van der Waals surface area contributed by atoms with Crippen LogP contribution in [-0.4, -0.2) is 42.1 Å². The molecule has 1 saturated heterocycles. The molecule has 6 heteroatoms. The average Bonchev–Trinajstić information content (AvgIpc) is 2.40. The highest BCUT2D eigenvalue weighted by Crippen LogP contribution is 2.21. The number of piperazine rings is 1. The first-order chi connectivity index (χ1) is 9.15. The molecule has 1 aromatic heterocycles. The molecule has 2 heterocycles. The number of ether oxygens (including phenoxy) is 1. The Morgan fingerprint density at radius 1 is 1.53 bits per heavy atom. The van der Waals surface area contributed by atoms with E-state index < -0.39 is 0 Å². The van der Waals surface area contributed by atoms with Gasteiger partial charge in [0.2, 0.25) is 5.91 Å². The van der Waals surface area contributed by atoms with E-state index in [1.54, 1.807) is 7.11 Å². The fraction of sp³-hybridized carbons (Fsp3) is 0.615. The van der Waals surface area contributed by atoms with Crippen LogP contribution in [0.5, 0.6) is 6.01 Å². The zero-order chi connectivity index (χ0) is 13.8. The van der Waals surface area contributed by atoms with E-state index in [0.29, 0.717) is 12.6 Å². The fourth-order valence-electron chi connectivity index (χ4n) is 2.31. The van der Waals surface area contributed by atoms with E-state index in [9.17, 15) is 4.79 Å². The summed E-state index contributed by atoms with van der Waals surface area (Å²) in [6.07, 6.45) is 1.77. The maximum absolute atomic E-state index is 12.0. The number of nitrogens with one attached hydrogen (secondary N) is 1. The molecule has 1 unspecified atom stereocenters. The van der Waals surface area contributed by atoms with Gasteiger partial charge in [-0.15, -0.1) is 0 Å². The number of carbonyl (C=O) groups is 1. The summed E-state index contributed by atoms with van der Waals surface area (Å²) in [5, 5.41) is 2.90. The Morgan fingerprint density at radius 2 is 2.32 bits per heavy atom. The number of nitrogens with zero attached hydrogens (tertiary/aromatic N) is 3. The number of amides is 1. The summed E-state index contributed by atoms with van der Waals surface area (Å²) >= 11 is 0. The molecule has 0 spiro atoms. The number of rotatable bonds is 4. The van der Waals surface area contributed by atoms with Gasteiger partial charge in [-0.3, -0.25) is 4.79 Å². The number of anilines is 1. The highest BCUT2D eigenvalue weighted by Gasteiger charge is 2.30. The smallest absolute Gasteiger partial charge is 0.318 e. The molecule has 0 saturated carbocycles. The van der Waals surface area contributed by atoms with Crippen molar-refractivity contribution in [1.29, 1.82) is 0 Å². The molecule has 0 bridgehead atoms. The van der Waals surface area contributed by atoms with Crippen molar-refractivity contribution >= 4 is 11.7 Å². The van der Waals surface area contributed by atoms with Gasteiger partial charge in [0, 0.05) is 24.8 Å². The zero-order valence-electron chi connectivity index (χ0n) is 11.6. The first-order valence-electron chi connectivity index (χ1n) is 6.59. The van der Waals surface area contributed by atoms with Crippen LogP contribution < -0.4 is 15.0 Å². The number of hydrogen-bond donors (Lipinski definition) is 1. The monoisotopic (exact) mass is 264 g/mol. The number of aromatic nitrogens is 2. The van der Waals surface area contributed by atoms with Gasteiger partial charge in [-0.2, -0.15) is 4.98 Å². The minimum Gasteiger partial charge on any atom is -0.467 e. The molecule has 0 aromatic carbocycles. The molecule has 1 N–H and O–H groups in total. The predicted octanol–water partition coefficient (Wildman–Crippen LogP) is 0.899.